The normalized spacial score (nSPS) is 13.6. The third kappa shape index (κ3) is 12.5. The third-order valence-electron chi connectivity index (χ3n) is 6.00. The van der Waals surface area contributed by atoms with Crippen molar-refractivity contribution in [3.8, 4) is 0 Å². The number of allylic oxidation sites excluding steroid dienone is 1. The van der Waals surface area contributed by atoms with Crippen molar-refractivity contribution in [1.82, 2.24) is 4.98 Å². The van der Waals surface area contributed by atoms with Gasteiger partial charge >= 0.3 is 6.18 Å². The summed E-state index contributed by atoms with van der Waals surface area (Å²) in [5, 5.41) is 21.7. The summed E-state index contributed by atoms with van der Waals surface area (Å²) < 4.78 is 31.1. The molecule has 1 fully saturated rings. The lowest BCUT2D eigenvalue weighted by atomic mass is 9.92. The van der Waals surface area contributed by atoms with E-state index in [1.165, 1.54) is 11.6 Å². The van der Waals surface area contributed by atoms with Gasteiger partial charge in [-0.1, -0.05) is 45.9 Å². The Balaban J connectivity index is 0.000000531. The summed E-state index contributed by atoms with van der Waals surface area (Å²) in [6.45, 7) is 13.1. The van der Waals surface area contributed by atoms with Gasteiger partial charge in [-0.05, 0) is 56.0 Å². The van der Waals surface area contributed by atoms with Crippen LogP contribution in [-0.4, -0.2) is 47.0 Å². The molecule has 0 aliphatic carbocycles. The van der Waals surface area contributed by atoms with Crippen LogP contribution < -0.4 is 10.2 Å². The van der Waals surface area contributed by atoms with Gasteiger partial charge in [-0.25, -0.2) is 4.98 Å². The predicted molar refractivity (Wildman–Crippen MR) is 154 cm³/mol. The Hall–Kier alpha value is -3.20. The van der Waals surface area contributed by atoms with Gasteiger partial charge in [0.15, 0.2) is 5.78 Å². The van der Waals surface area contributed by atoms with Crippen LogP contribution in [0.25, 0.3) is 0 Å². The molecule has 1 atom stereocenters. The monoisotopic (exact) mass is 548 g/mol. The highest BCUT2D eigenvalue weighted by atomic mass is 19.4. The number of ketones is 1. The molecular weight excluding hydrogens is 505 g/mol. The summed E-state index contributed by atoms with van der Waals surface area (Å²) in [6.07, 6.45) is 3.30. The summed E-state index contributed by atoms with van der Waals surface area (Å²) in [5.41, 5.74) is 4.77. The number of aromatic nitrogens is 1. The smallest absolute Gasteiger partial charge is 0.386 e. The minimum atomic E-state index is -4.00. The molecule has 9 heteroatoms. The number of pyridine rings is 1. The summed E-state index contributed by atoms with van der Waals surface area (Å²) in [7, 11) is 0. The fourth-order valence-electron chi connectivity index (χ4n) is 3.83. The number of hydrogen-bond donors (Lipinski definition) is 3. The van der Waals surface area contributed by atoms with E-state index in [9.17, 15) is 23.1 Å². The molecule has 1 aromatic carbocycles. The van der Waals surface area contributed by atoms with Gasteiger partial charge in [-0.15, -0.1) is 0 Å². The molecule has 0 bridgehead atoms. The van der Waals surface area contributed by atoms with Crippen LogP contribution in [0.1, 0.15) is 71.4 Å². The van der Waals surface area contributed by atoms with Crippen LogP contribution in [0.4, 0.5) is 30.4 Å². The van der Waals surface area contributed by atoms with E-state index >= 15 is 0 Å². The van der Waals surface area contributed by atoms with Crippen molar-refractivity contribution in [1.29, 1.82) is 5.41 Å². The van der Waals surface area contributed by atoms with Crippen molar-refractivity contribution >= 4 is 28.7 Å². The lowest BCUT2D eigenvalue weighted by Crippen LogP contribution is -2.51. The molecule has 1 aliphatic heterocycles. The number of aryl methyl sites for hydroxylation is 1. The minimum absolute atomic E-state index is 0.141. The summed E-state index contributed by atoms with van der Waals surface area (Å²) in [6, 6.07) is 10.4. The zero-order chi connectivity index (χ0) is 29.6. The molecule has 0 radical (unpaired) electrons. The SMILES string of the molecule is C=CC(=O)CCC.CC(F)(F)F.CCCc1ccc(Nc2nccc(N3CC(C(C)O)C3)c2C(=N)CC)cc1. The highest BCUT2D eigenvalue weighted by molar-refractivity contribution is 6.07. The lowest BCUT2D eigenvalue weighted by Gasteiger charge is -2.43. The minimum Gasteiger partial charge on any atom is -0.393 e. The second kappa shape index (κ2) is 16.7. The number of carbonyl (C=O) groups is 1. The number of rotatable bonds is 11. The van der Waals surface area contributed by atoms with Crippen LogP contribution in [0.3, 0.4) is 0 Å². The second-order valence-electron chi connectivity index (χ2n) is 9.57. The number of nitrogens with one attached hydrogen (secondary N) is 2. The Bertz CT molecular complexity index is 1040. The van der Waals surface area contributed by atoms with Crippen molar-refractivity contribution in [2.75, 3.05) is 23.3 Å². The maximum absolute atomic E-state index is 10.4. The van der Waals surface area contributed by atoms with Crippen molar-refractivity contribution in [3.05, 3.63) is 60.3 Å². The van der Waals surface area contributed by atoms with E-state index in [1.807, 2.05) is 26.8 Å². The molecule has 0 amide bonds. The molecule has 1 aliphatic rings. The number of aliphatic hydroxyl groups is 1. The zero-order valence-electron chi connectivity index (χ0n) is 23.7. The van der Waals surface area contributed by atoms with Crippen LogP contribution in [0.15, 0.2) is 49.2 Å². The molecule has 2 aromatic rings. The Labute approximate surface area is 230 Å². The van der Waals surface area contributed by atoms with Gasteiger partial charge < -0.3 is 20.7 Å². The average molecular weight is 549 g/mol. The second-order valence-corrected chi connectivity index (χ2v) is 9.57. The zero-order valence-corrected chi connectivity index (χ0v) is 23.7. The fraction of sp³-hybridized carbons (Fsp3) is 0.500. The number of benzene rings is 1. The van der Waals surface area contributed by atoms with Crippen molar-refractivity contribution < 1.29 is 23.1 Å². The highest BCUT2D eigenvalue weighted by Gasteiger charge is 2.32. The summed E-state index contributed by atoms with van der Waals surface area (Å²) in [5.74, 6) is 1.16. The topological polar surface area (TPSA) is 89.3 Å². The van der Waals surface area contributed by atoms with Gasteiger partial charge in [0, 0.05) is 49.9 Å². The lowest BCUT2D eigenvalue weighted by molar-refractivity contribution is -0.114. The molecule has 0 saturated carbocycles. The standard InChI is InChI=1S/C22H30N4O.C6H10O.C2H3F3/c1-4-6-16-7-9-18(10-8-16)25-22-21(19(23)5-2)20(11-12-24-22)26-13-17(14-26)15(3)27;1-3-5-6(7)4-2;1-2(3,4)5/h7-12,15,17,23,27H,4-6,13-14H2,1-3H3,(H,24,25);4H,2-3,5H2,1H3;1H3. The molecule has 3 N–H and O–H groups in total. The molecule has 2 heterocycles. The number of alkyl halides is 3. The molecule has 0 spiro atoms. The Morgan fingerprint density at radius 3 is 2.23 bits per heavy atom. The average Bonchev–Trinajstić information content (AvgIpc) is 2.83. The van der Waals surface area contributed by atoms with Gasteiger partial charge in [0.1, 0.15) is 5.82 Å². The third-order valence-corrected chi connectivity index (χ3v) is 6.00. The van der Waals surface area contributed by atoms with Crippen LogP contribution in [-0.2, 0) is 11.2 Å². The van der Waals surface area contributed by atoms with Gasteiger partial charge in [0.25, 0.3) is 0 Å². The first-order chi connectivity index (χ1) is 18.3. The van der Waals surface area contributed by atoms with E-state index in [1.54, 1.807) is 6.20 Å². The molecule has 3 rings (SSSR count). The summed E-state index contributed by atoms with van der Waals surface area (Å²) in [4.78, 5) is 17.1. The van der Waals surface area contributed by atoms with Gasteiger partial charge in [0.2, 0.25) is 0 Å². The number of aliphatic hydroxyl groups excluding tert-OH is 1. The Morgan fingerprint density at radius 1 is 1.21 bits per heavy atom. The van der Waals surface area contributed by atoms with Gasteiger partial charge in [-0.3, -0.25) is 4.79 Å². The molecule has 6 nitrogen and oxygen atoms in total. The van der Waals surface area contributed by atoms with Gasteiger partial charge in [-0.2, -0.15) is 13.2 Å². The van der Waals surface area contributed by atoms with E-state index < -0.39 is 6.18 Å². The molecule has 1 saturated heterocycles. The predicted octanol–water partition coefficient (Wildman–Crippen LogP) is 7.48. The first kappa shape index (κ1) is 33.8. The first-order valence-corrected chi connectivity index (χ1v) is 13.4. The molecule has 1 aromatic heterocycles. The summed E-state index contributed by atoms with van der Waals surface area (Å²) >= 11 is 0. The van der Waals surface area contributed by atoms with E-state index in [-0.39, 0.29) is 18.8 Å². The van der Waals surface area contributed by atoms with Crippen LogP contribution in [0.2, 0.25) is 0 Å². The van der Waals surface area contributed by atoms with E-state index in [2.05, 4.69) is 53.0 Å². The maximum atomic E-state index is 10.4. The number of halogens is 3. The largest absolute Gasteiger partial charge is 0.393 e. The fourth-order valence-corrected chi connectivity index (χ4v) is 3.83. The highest BCUT2D eigenvalue weighted by Crippen LogP contribution is 2.34. The van der Waals surface area contributed by atoms with Crippen LogP contribution in [0, 0.1) is 11.3 Å². The first-order valence-electron chi connectivity index (χ1n) is 13.4. The quantitative estimate of drug-likeness (QED) is 0.200. The molecule has 216 valence electrons. The Kier molecular flexibility index (Phi) is 14.5. The van der Waals surface area contributed by atoms with E-state index in [0.29, 0.717) is 24.5 Å². The van der Waals surface area contributed by atoms with Crippen LogP contribution >= 0.6 is 0 Å². The van der Waals surface area contributed by atoms with Crippen molar-refractivity contribution in [2.45, 2.75) is 79.0 Å². The van der Waals surface area contributed by atoms with Crippen LogP contribution in [0.5, 0.6) is 0 Å². The molecule has 1 unspecified atom stereocenters. The Morgan fingerprint density at radius 2 is 1.79 bits per heavy atom. The number of nitrogens with zero attached hydrogens (tertiary/aromatic N) is 2. The van der Waals surface area contributed by atoms with E-state index in [4.69, 9.17) is 5.41 Å². The number of carbonyl (C=O) groups excluding carboxylic acids is 1. The number of hydrogen-bond acceptors (Lipinski definition) is 6. The van der Waals surface area contributed by atoms with Crippen molar-refractivity contribution in [2.24, 2.45) is 5.92 Å². The van der Waals surface area contributed by atoms with E-state index in [0.717, 1.165) is 55.1 Å². The number of anilines is 3. The van der Waals surface area contributed by atoms with Crippen molar-refractivity contribution in [3.63, 3.8) is 0 Å². The van der Waals surface area contributed by atoms with Gasteiger partial charge in [0.05, 0.1) is 17.4 Å². The molecule has 39 heavy (non-hydrogen) atoms. The molecular formula is C30H43F3N4O2. The maximum Gasteiger partial charge on any atom is 0.386 e.